The van der Waals surface area contributed by atoms with Crippen LogP contribution in [0.4, 0.5) is 0 Å². The smallest absolute Gasteiger partial charge is 0.243 e. The molecule has 2 heterocycles. The molecule has 0 saturated carbocycles. The second-order valence-corrected chi connectivity index (χ2v) is 6.81. The van der Waals surface area contributed by atoms with Crippen LogP contribution < -0.4 is 10.6 Å². The summed E-state index contributed by atoms with van der Waals surface area (Å²) in [5, 5.41) is 8.67. The molecule has 1 aliphatic heterocycles. The third-order valence-electron chi connectivity index (χ3n) is 3.82. The number of fused-ring (bicyclic) bond motifs is 1. The van der Waals surface area contributed by atoms with Gasteiger partial charge in [0.25, 0.3) is 0 Å². The molecule has 1 aromatic rings. The number of rotatable bonds is 6. The summed E-state index contributed by atoms with van der Waals surface area (Å²) in [5.41, 5.74) is 1.47. The Morgan fingerprint density at radius 2 is 2.21 bits per heavy atom. The molecule has 0 radical (unpaired) electrons. The third-order valence-corrected chi connectivity index (χ3v) is 4.85. The van der Waals surface area contributed by atoms with Crippen molar-refractivity contribution >= 4 is 47.2 Å². The van der Waals surface area contributed by atoms with E-state index in [2.05, 4.69) is 32.0 Å². The number of amides is 1. The number of guanidine groups is 1. The van der Waals surface area contributed by atoms with Crippen molar-refractivity contribution in [2.45, 2.75) is 19.9 Å². The van der Waals surface area contributed by atoms with Gasteiger partial charge in [-0.05, 0) is 30.4 Å². The van der Waals surface area contributed by atoms with Crippen molar-refractivity contribution in [3.63, 3.8) is 0 Å². The van der Waals surface area contributed by atoms with Gasteiger partial charge in [0.1, 0.15) is 6.54 Å². The van der Waals surface area contributed by atoms with Crippen LogP contribution in [0.25, 0.3) is 0 Å². The van der Waals surface area contributed by atoms with E-state index in [0.717, 1.165) is 39.1 Å². The van der Waals surface area contributed by atoms with Gasteiger partial charge in [-0.3, -0.25) is 9.69 Å². The van der Waals surface area contributed by atoms with Crippen molar-refractivity contribution in [2.24, 2.45) is 4.99 Å². The summed E-state index contributed by atoms with van der Waals surface area (Å²) in [4.78, 5) is 21.5. The largest absolute Gasteiger partial charge is 0.357 e. The van der Waals surface area contributed by atoms with Crippen molar-refractivity contribution in [1.29, 1.82) is 0 Å². The first kappa shape index (κ1) is 21.2. The summed E-state index contributed by atoms with van der Waals surface area (Å²) < 4.78 is 0. The van der Waals surface area contributed by atoms with Gasteiger partial charge in [0.05, 0.1) is 0 Å². The Morgan fingerprint density at radius 3 is 2.92 bits per heavy atom. The number of hydrogen-bond acceptors (Lipinski definition) is 4. The highest BCUT2D eigenvalue weighted by Gasteiger charge is 2.16. The highest BCUT2D eigenvalue weighted by molar-refractivity contribution is 14.0. The topological polar surface area (TPSA) is 60.0 Å². The van der Waals surface area contributed by atoms with E-state index in [1.54, 1.807) is 19.0 Å². The van der Waals surface area contributed by atoms with Gasteiger partial charge in [-0.2, -0.15) is 0 Å². The SMILES string of the molecule is CCNC(=NCC(=O)N(C)C)NCCN1CCc2sccc2C1.I. The van der Waals surface area contributed by atoms with Gasteiger partial charge in [0, 0.05) is 51.7 Å². The van der Waals surface area contributed by atoms with E-state index in [-0.39, 0.29) is 36.4 Å². The summed E-state index contributed by atoms with van der Waals surface area (Å²) in [6.07, 6.45) is 1.15. The van der Waals surface area contributed by atoms with Crippen LogP contribution in [0.1, 0.15) is 17.4 Å². The number of nitrogens with zero attached hydrogens (tertiary/aromatic N) is 3. The molecule has 0 saturated heterocycles. The maximum absolute atomic E-state index is 11.6. The second kappa shape index (κ2) is 10.9. The minimum absolute atomic E-state index is 0. The number of thiophene rings is 1. The standard InChI is InChI=1S/C16H27N5OS.HI/c1-4-17-16(19-11-15(22)20(2)3)18-7-9-21-8-5-14-13(12-21)6-10-23-14;/h6,10H,4-5,7-9,11-12H2,1-3H3,(H2,17,18,19);1H. The molecule has 1 aliphatic rings. The van der Waals surface area contributed by atoms with Crippen LogP contribution >= 0.6 is 35.3 Å². The lowest BCUT2D eigenvalue weighted by Crippen LogP contribution is -2.43. The molecule has 0 fully saturated rings. The lowest BCUT2D eigenvalue weighted by Gasteiger charge is -2.27. The highest BCUT2D eigenvalue weighted by atomic mass is 127. The molecule has 24 heavy (non-hydrogen) atoms. The Morgan fingerprint density at radius 1 is 1.42 bits per heavy atom. The predicted molar refractivity (Wildman–Crippen MR) is 111 cm³/mol. The Hall–Kier alpha value is -0.870. The quantitative estimate of drug-likeness (QED) is 0.379. The Labute approximate surface area is 165 Å². The van der Waals surface area contributed by atoms with E-state index < -0.39 is 0 Å². The maximum Gasteiger partial charge on any atom is 0.243 e. The third kappa shape index (κ3) is 6.56. The van der Waals surface area contributed by atoms with Crippen LogP contribution in [0, 0.1) is 0 Å². The van der Waals surface area contributed by atoms with Crippen LogP contribution in [0.5, 0.6) is 0 Å². The fraction of sp³-hybridized carbons (Fsp3) is 0.625. The molecule has 1 amide bonds. The number of carbonyl (C=O) groups is 1. The molecule has 0 unspecified atom stereocenters. The summed E-state index contributed by atoms with van der Waals surface area (Å²) in [6.45, 7) is 6.92. The van der Waals surface area contributed by atoms with E-state index in [1.165, 1.54) is 10.4 Å². The van der Waals surface area contributed by atoms with Gasteiger partial charge >= 0.3 is 0 Å². The second-order valence-electron chi connectivity index (χ2n) is 5.81. The van der Waals surface area contributed by atoms with Gasteiger partial charge in [0.15, 0.2) is 5.96 Å². The lowest BCUT2D eigenvalue weighted by molar-refractivity contribution is -0.127. The molecular weight excluding hydrogens is 437 g/mol. The molecule has 136 valence electrons. The van der Waals surface area contributed by atoms with Gasteiger partial charge in [-0.15, -0.1) is 35.3 Å². The summed E-state index contributed by atoms with van der Waals surface area (Å²) in [7, 11) is 3.49. The number of likely N-dealkylation sites (N-methyl/N-ethyl adjacent to an activating group) is 1. The fourth-order valence-electron chi connectivity index (χ4n) is 2.46. The Kier molecular flexibility index (Phi) is 9.60. The van der Waals surface area contributed by atoms with E-state index >= 15 is 0 Å². The minimum Gasteiger partial charge on any atom is -0.357 e. The van der Waals surface area contributed by atoms with Crippen molar-refractivity contribution in [1.82, 2.24) is 20.4 Å². The van der Waals surface area contributed by atoms with Gasteiger partial charge in [0.2, 0.25) is 5.91 Å². The monoisotopic (exact) mass is 465 g/mol. The van der Waals surface area contributed by atoms with Crippen molar-refractivity contribution in [3.8, 4) is 0 Å². The molecule has 0 aliphatic carbocycles. The highest BCUT2D eigenvalue weighted by Crippen LogP contribution is 2.23. The molecular formula is C16H28IN5OS. The van der Waals surface area contributed by atoms with Crippen molar-refractivity contribution in [3.05, 3.63) is 21.9 Å². The van der Waals surface area contributed by atoms with Crippen LogP contribution in [0.3, 0.4) is 0 Å². The van der Waals surface area contributed by atoms with Crippen LogP contribution in [-0.4, -0.2) is 68.5 Å². The first-order valence-corrected chi connectivity index (χ1v) is 8.98. The normalized spacial score (nSPS) is 14.5. The molecule has 0 spiro atoms. The minimum atomic E-state index is 0. The Balaban J connectivity index is 0.00000288. The van der Waals surface area contributed by atoms with Crippen LogP contribution in [0.15, 0.2) is 16.4 Å². The number of carbonyl (C=O) groups excluding carboxylic acids is 1. The van der Waals surface area contributed by atoms with Gasteiger partial charge in [-0.25, -0.2) is 4.99 Å². The molecule has 1 aromatic heterocycles. The van der Waals surface area contributed by atoms with E-state index in [1.807, 2.05) is 18.3 Å². The van der Waals surface area contributed by atoms with E-state index in [4.69, 9.17) is 0 Å². The molecule has 8 heteroatoms. The number of halogens is 1. The first-order chi connectivity index (χ1) is 11.1. The van der Waals surface area contributed by atoms with Crippen molar-refractivity contribution < 1.29 is 4.79 Å². The van der Waals surface area contributed by atoms with Gasteiger partial charge in [-0.1, -0.05) is 0 Å². The van der Waals surface area contributed by atoms with Gasteiger partial charge < -0.3 is 15.5 Å². The van der Waals surface area contributed by atoms with Crippen molar-refractivity contribution in [2.75, 3.05) is 46.8 Å². The number of nitrogens with one attached hydrogen (secondary N) is 2. The molecule has 0 aromatic carbocycles. The summed E-state index contributed by atoms with van der Waals surface area (Å²) >= 11 is 1.87. The first-order valence-electron chi connectivity index (χ1n) is 8.10. The van der Waals surface area contributed by atoms with Crippen LogP contribution in [-0.2, 0) is 17.8 Å². The molecule has 2 rings (SSSR count). The van der Waals surface area contributed by atoms with E-state index in [9.17, 15) is 4.79 Å². The molecule has 6 nitrogen and oxygen atoms in total. The number of hydrogen-bond donors (Lipinski definition) is 2. The molecule has 0 bridgehead atoms. The average Bonchev–Trinajstić information content (AvgIpc) is 2.99. The summed E-state index contributed by atoms with van der Waals surface area (Å²) in [6, 6.07) is 2.23. The zero-order valence-corrected chi connectivity index (χ0v) is 17.8. The number of aliphatic imine (C=N–C) groups is 1. The fourth-order valence-corrected chi connectivity index (χ4v) is 3.35. The zero-order chi connectivity index (χ0) is 16.7. The zero-order valence-electron chi connectivity index (χ0n) is 14.7. The van der Waals surface area contributed by atoms with E-state index in [0.29, 0.717) is 5.96 Å². The van der Waals surface area contributed by atoms with Crippen LogP contribution in [0.2, 0.25) is 0 Å². The maximum atomic E-state index is 11.6. The average molecular weight is 465 g/mol. The lowest BCUT2D eigenvalue weighted by atomic mass is 10.1. The molecule has 0 atom stereocenters. The summed E-state index contributed by atoms with van der Waals surface area (Å²) in [5.74, 6) is 0.708. The predicted octanol–water partition coefficient (Wildman–Crippen LogP) is 1.37. The molecule has 2 N–H and O–H groups in total. The Bertz CT molecular complexity index is 546.